The summed E-state index contributed by atoms with van der Waals surface area (Å²) in [5.74, 6) is 0. The number of piperidine rings is 1. The molecular formula is C13H25NO. The zero-order chi connectivity index (χ0) is 11.7. The van der Waals surface area contributed by atoms with Crippen molar-refractivity contribution in [3.8, 4) is 0 Å². The van der Waals surface area contributed by atoms with E-state index < -0.39 is 5.60 Å². The molecule has 0 aromatic heterocycles. The molecule has 0 bridgehead atoms. The lowest BCUT2D eigenvalue weighted by Gasteiger charge is -2.33. The largest absolute Gasteiger partial charge is 0.385 e. The van der Waals surface area contributed by atoms with Gasteiger partial charge in [0.25, 0.3) is 0 Å². The van der Waals surface area contributed by atoms with E-state index >= 15 is 0 Å². The van der Waals surface area contributed by atoms with Gasteiger partial charge >= 0.3 is 0 Å². The Bertz CT molecular complexity index is 203. The minimum Gasteiger partial charge on any atom is -0.385 e. The van der Waals surface area contributed by atoms with Crippen molar-refractivity contribution >= 4 is 0 Å². The van der Waals surface area contributed by atoms with Gasteiger partial charge in [0.1, 0.15) is 0 Å². The number of rotatable bonds is 3. The molecule has 0 aromatic rings. The first-order valence-electron chi connectivity index (χ1n) is 5.99. The van der Waals surface area contributed by atoms with Gasteiger partial charge in [-0.3, -0.25) is 0 Å². The van der Waals surface area contributed by atoms with Crippen LogP contribution in [0.3, 0.4) is 0 Å². The topological polar surface area (TPSA) is 32.3 Å². The van der Waals surface area contributed by atoms with E-state index in [1.807, 2.05) is 13.8 Å². The Hall–Kier alpha value is -0.600. The second-order valence-corrected chi connectivity index (χ2v) is 3.55. The third-order valence-corrected chi connectivity index (χ3v) is 2.61. The van der Waals surface area contributed by atoms with Crippen molar-refractivity contribution in [1.29, 1.82) is 0 Å². The number of hydrogen-bond donors (Lipinski definition) is 2. The van der Waals surface area contributed by atoms with E-state index in [9.17, 15) is 5.11 Å². The van der Waals surface area contributed by atoms with Crippen molar-refractivity contribution in [1.82, 2.24) is 5.32 Å². The lowest BCUT2D eigenvalue weighted by molar-refractivity contribution is 0.0495. The predicted octanol–water partition coefficient (Wildman–Crippen LogP) is 2.65. The quantitative estimate of drug-likeness (QED) is 0.703. The number of allylic oxidation sites excluding steroid dienone is 1. The highest BCUT2D eigenvalue weighted by Gasteiger charge is 2.31. The molecule has 1 fully saturated rings. The molecule has 1 saturated heterocycles. The van der Waals surface area contributed by atoms with Crippen LogP contribution in [0.2, 0.25) is 0 Å². The van der Waals surface area contributed by atoms with E-state index in [1.165, 1.54) is 0 Å². The molecule has 2 heteroatoms. The SMILES string of the molecule is C=C/C(=C\CC)C1(O)CCNCC1.CC. The molecule has 0 aliphatic carbocycles. The summed E-state index contributed by atoms with van der Waals surface area (Å²) in [7, 11) is 0. The Morgan fingerprint density at radius 2 is 1.93 bits per heavy atom. The highest BCUT2D eigenvalue weighted by atomic mass is 16.3. The lowest BCUT2D eigenvalue weighted by atomic mass is 9.84. The highest BCUT2D eigenvalue weighted by molar-refractivity contribution is 5.28. The van der Waals surface area contributed by atoms with Crippen molar-refractivity contribution in [2.75, 3.05) is 13.1 Å². The first-order chi connectivity index (χ1) is 7.23. The standard InChI is InChI=1S/C11H19NO.C2H6/c1-3-5-10(4-2)11(13)6-8-12-9-7-11;1-2/h4-5,12-13H,2-3,6-9H2,1H3;1-2H3/b10-5+;. The summed E-state index contributed by atoms with van der Waals surface area (Å²) in [5, 5.41) is 13.5. The molecule has 1 rings (SSSR count). The van der Waals surface area contributed by atoms with Crippen LogP contribution in [0, 0.1) is 0 Å². The van der Waals surface area contributed by atoms with E-state index in [-0.39, 0.29) is 0 Å². The van der Waals surface area contributed by atoms with E-state index in [0.717, 1.165) is 37.9 Å². The third kappa shape index (κ3) is 4.18. The van der Waals surface area contributed by atoms with Crippen LogP contribution in [0.4, 0.5) is 0 Å². The second-order valence-electron chi connectivity index (χ2n) is 3.55. The Kier molecular flexibility index (Phi) is 7.35. The van der Waals surface area contributed by atoms with Gasteiger partial charge in [-0.15, -0.1) is 0 Å². The van der Waals surface area contributed by atoms with Gasteiger partial charge in [-0.1, -0.05) is 39.5 Å². The molecule has 0 spiro atoms. The molecule has 2 nitrogen and oxygen atoms in total. The summed E-state index contributed by atoms with van der Waals surface area (Å²) in [6.07, 6.45) is 6.40. The van der Waals surface area contributed by atoms with Crippen LogP contribution >= 0.6 is 0 Å². The van der Waals surface area contributed by atoms with Gasteiger partial charge in [-0.05, 0) is 37.9 Å². The van der Waals surface area contributed by atoms with Gasteiger partial charge in [0.05, 0.1) is 5.60 Å². The summed E-state index contributed by atoms with van der Waals surface area (Å²) in [6.45, 7) is 11.6. The van der Waals surface area contributed by atoms with Gasteiger partial charge in [0.2, 0.25) is 0 Å². The summed E-state index contributed by atoms with van der Waals surface area (Å²) in [4.78, 5) is 0. The molecule has 15 heavy (non-hydrogen) atoms. The van der Waals surface area contributed by atoms with Crippen LogP contribution in [0.5, 0.6) is 0 Å². The van der Waals surface area contributed by atoms with Crippen LogP contribution < -0.4 is 5.32 Å². The summed E-state index contributed by atoms with van der Waals surface area (Å²) < 4.78 is 0. The van der Waals surface area contributed by atoms with Gasteiger partial charge in [0.15, 0.2) is 0 Å². The van der Waals surface area contributed by atoms with Crippen LogP contribution in [-0.2, 0) is 0 Å². The Labute approximate surface area is 94.1 Å². The maximum absolute atomic E-state index is 10.3. The van der Waals surface area contributed by atoms with E-state index in [0.29, 0.717) is 0 Å². The van der Waals surface area contributed by atoms with E-state index in [1.54, 1.807) is 6.08 Å². The minimum atomic E-state index is -0.622. The lowest BCUT2D eigenvalue weighted by Crippen LogP contribution is -2.42. The van der Waals surface area contributed by atoms with Gasteiger partial charge < -0.3 is 10.4 Å². The Morgan fingerprint density at radius 1 is 1.40 bits per heavy atom. The van der Waals surface area contributed by atoms with Crippen LogP contribution in [0.1, 0.15) is 40.0 Å². The molecule has 88 valence electrons. The molecular weight excluding hydrogens is 186 g/mol. The molecule has 0 atom stereocenters. The fraction of sp³-hybridized carbons (Fsp3) is 0.692. The average molecular weight is 211 g/mol. The van der Waals surface area contributed by atoms with Crippen molar-refractivity contribution in [3.05, 3.63) is 24.3 Å². The zero-order valence-corrected chi connectivity index (χ0v) is 10.3. The zero-order valence-electron chi connectivity index (χ0n) is 10.3. The third-order valence-electron chi connectivity index (χ3n) is 2.61. The average Bonchev–Trinajstić information content (AvgIpc) is 2.29. The van der Waals surface area contributed by atoms with Gasteiger partial charge in [-0.25, -0.2) is 0 Å². The Morgan fingerprint density at radius 3 is 2.33 bits per heavy atom. The maximum Gasteiger partial charge on any atom is 0.0917 e. The highest BCUT2D eigenvalue weighted by Crippen LogP contribution is 2.27. The number of hydrogen-bond acceptors (Lipinski definition) is 2. The van der Waals surface area contributed by atoms with Crippen molar-refractivity contribution in [2.24, 2.45) is 0 Å². The van der Waals surface area contributed by atoms with Crippen LogP contribution in [0.15, 0.2) is 24.3 Å². The minimum absolute atomic E-state index is 0.622. The molecule has 1 aliphatic rings. The molecule has 0 unspecified atom stereocenters. The fourth-order valence-electron chi connectivity index (χ4n) is 1.81. The fourth-order valence-corrected chi connectivity index (χ4v) is 1.81. The van der Waals surface area contributed by atoms with Crippen LogP contribution in [0.25, 0.3) is 0 Å². The second kappa shape index (κ2) is 7.66. The molecule has 2 N–H and O–H groups in total. The van der Waals surface area contributed by atoms with Gasteiger partial charge in [-0.2, -0.15) is 0 Å². The smallest absolute Gasteiger partial charge is 0.0917 e. The summed E-state index contributed by atoms with van der Waals surface area (Å²) in [5.41, 5.74) is 0.375. The summed E-state index contributed by atoms with van der Waals surface area (Å²) in [6, 6.07) is 0. The summed E-state index contributed by atoms with van der Waals surface area (Å²) >= 11 is 0. The molecule has 1 heterocycles. The number of nitrogens with one attached hydrogen (secondary N) is 1. The van der Waals surface area contributed by atoms with Crippen molar-refractivity contribution < 1.29 is 5.11 Å². The first kappa shape index (κ1) is 14.4. The first-order valence-corrected chi connectivity index (χ1v) is 5.99. The monoisotopic (exact) mass is 211 g/mol. The van der Waals surface area contributed by atoms with E-state index in [2.05, 4.69) is 24.9 Å². The van der Waals surface area contributed by atoms with E-state index in [4.69, 9.17) is 0 Å². The molecule has 0 aromatic carbocycles. The molecule has 0 saturated carbocycles. The van der Waals surface area contributed by atoms with Crippen LogP contribution in [-0.4, -0.2) is 23.8 Å². The van der Waals surface area contributed by atoms with Crippen molar-refractivity contribution in [2.45, 2.75) is 45.6 Å². The maximum atomic E-state index is 10.3. The molecule has 0 amide bonds. The predicted molar refractivity (Wildman–Crippen MR) is 67.0 cm³/mol. The van der Waals surface area contributed by atoms with Crippen molar-refractivity contribution in [3.63, 3.8) is 0 Å². The molecule has 0 radical (unpaired) electrons. The normalized spacial score (nSPS) is 20.1. The number of aliphatic hydroxyl groups is 1. The van der Waals surface area contributed by atoms with Gasteiger partial charge in [0, 0.05) is 0 Å². The Balaban J connectivity index is 0.000000921. The molecule has 1 aliphatic heterocycles.